The average Bonchev–Trinajstić information content (AvgIpc) is 3.17. The third kappa shape index (κ3) is 6.55. The summed E-state index contributed by atoms with van der Waals surface area (Å²) in [4.78, 5) is 65.2. The van der Waals surface area contributed by atoms with Crippen LogP contribution in [0.1, 0.15) is 59.3 Å². The van der Waals surface area contributed by atoms with E-state index in [4.69, 9.17) is 0 Å². The van der Waals surface area contributed by atoms with Gasteiger partial charge in [0.15, 0.2) is 0 Å². The van der Waals surface area contributed by atoms with Crippen LogP contribution in [0, 0.1) is 23.2 Å². The summed E-state index contributed by atoms with van der Waals surface area (Å²) in [6.07, 6.45) is -0.984. The van der Waals surface area contributed by atoms with Crippen LogP contribution < -0.4 is 16.0 Å². The van der Waals surface area contributed by atoms with Crippen molar-refractivity contribution in [1.29, 1.82) is 0 Å². The Hall–Kier alpha value is -2.92. The van der Waals surface area contributed by atoms with E-state index in [1.165, 1.54) is 17.9 Å². The lowest BCUT2D eigenvalue weighted by Crippen LogP contribution is -2.59. The number of alkyl halides is 3. The molecule has 5 atom stereocenters. The highest BCUT2D eigenvalue weighted by Gasteiger charge is 2.69. The Bertz CT molecular complexity index is 976. The number of halogens is 3. The van der Waals surface area contributed by atoms with Gasteiger partial charge in [-0.05, 0) is 36.0 Å². The number of hydrogen-bond donors (Lipinski definition) is 3. The number of carbonyl (C=O) groups excluding carboxylic acids is 5. The smallest absolute Gasteiger partial charge is 0.346 e. The highest BCUT2D eigenvalue weighted by molar-refractivity contribution is 6.38. The minimum atomic E-state index is -4.84. The Morgan fingerprint density at radius 1 is 1.08 bits per heavy atom. The molecule has 0 bridgehead atoms. The Morgan fingerprint density at radius 3 is 2.26 bits per heavy atom. The molecule has 3 aliphatic rings. The molecule has 9 nitrogen and oxygen atoms in total. The molecule has 12 heteroatoms. The molecular weight excluding hydrogens is 505 g/mol. The van der Waals surface area contributed by atoms with Crippen molar-refractivity contribution >= 4 is 29.4 Å². The fourth-order valence-electron chi connectivity index (χ4n) is 6.17. The maximum atomic E-state index is 13.8. The van der Waals surface area contributed by atoms with Crippen molar-refractivity contribution < 1.29 is 37.1 Å². The first kappa shape index (κ1) is 29.6. The second-order valence-electron chi connectivity index (χ2n) is 11.2. The first-order chi connectivity index (χ1) is 17.7. The summed E-state index contributed by atoms with van der Waals surface area (Å²) in [5.41, 5.74) is -0.335. The van der Waals surface area contributed by atoms with E-state index in [1.54, 1.807) is 0 Å². The van der Waals surface area contributed by atoms with Crippen LogP contribution in [-0.2, 0) is 24.0 Å². The summed E-state index contributed by atoms with van der Waals surface area (Å²) in [5, 5.41) is 7.01. The fourth-order valence-corrected chi connectivity index (χ4v) is 6.17. The minimum Gasteiger partial charge on any atom is -0.346 e. The quantitative estimate of drug-likeness (QED) is 0.287. The Morgan fingerprint density at radius 2 is 1.71 bits per heavy atom. The van der Waals surface area contributed by atoms with Crippen LogP contribution in [0.2, 0.25) is 0 Å². The standard InChI is InChI=1S/C26H37F3N4O5/c1-5-11-30-23(37)21(35)17(12-26(27,28)29)32-22(36)20-18-16(25(18,3)4)13-33(20)24(38)19(31-14(2)34)15-9-7-6-8-10-15/h5,15-20H,1,6-13H2,2-4H3,(H,30,37)(H,31,34)(H,32,36)/t16-,17?,18-,19-,20-/m0/s1. The van der Waals surface area contributed by atoms with Gasteiger partial charge in [0.25, 0.3) is 5.91 Å². The van der Waals surface area contributed by atoms with E-state index in [-0.39, 0.29) is 42.2 Å². The van der Waals surface area contributed by atoms with Crippen LogP contribution >= 0.6 is 0 Å². The molecule has 212 valence electrons. The average molecular weight is 543 g/mol. The van der Waals surface area contributed by atoms with Crippen LogP contribution in [0.25, 0.3) is 0 Å². The van der Waals surface area contributed by atoms with Gasteiger partial charge in [0.05, 0.1) is 6.42 Å². The van der Waals surface area contributed by atoms with Gasteiger partial charge in [0, 0.05) is 20.0 Å². The van der Waals surface area contributed by atoms with Gasteiger partial charge in [-0.2, -0.15) is 13.2 Å². The monoisotopic (exact) mass is 542 g/mol. The molecule has 0 spiro atoms. The zero-order valence-corrected chi connectivity index (χ0v) is 22.0. The van der Waals surface area contributed by atoms with E-state index in [0.29, 0.717) is 0 Å². The highest BCUT2D eigenvalue weighted by atomic mass is 19.4. The lowest BCUT2D eigenvalue weighted by atomic mass is 9.83. The van der Waals surface area contributed by atoms with E-state index < -0.39 is 54.2 Å². The summed E-state index contributed by atoms with van der Waals surface area (Å²) in [5.74, 6) is -4.95. The van der Waals surface area contributed by atoms with Gasteiger partial charge in [0.1, 0.15) is 18.1 Å². The number of nitrogens with one attached hydrogen (secondary N) is 3. The molecule has 1 saturated heterocycles. The van der Waals surface area contributed by atoms with E-state index in [0.717, 1.165) is 32.1 Å². The van der Waals surface area contributed by atoms with Gasteiger partial charge in [-0.15, -0.1) is 6.58 Å². The SMILES string of the molecule is C=CCNC(=O)C(=O)C(CC(F)(F)F)NC(=O)[C@@H]1[C@@H]2[C@H](CN1C(=O)[C@@H](NC(C)=O)C1CCCCC1)C2(C)C. The Balaban J connectivity index is 1.85. The lowest BCUT2D eigenvalue weighted by molar-refractivity contribution is -0.155. The molecule has 0 aromatic rings. The maximum absolute atomic E-state index is 13.8. The molecule has 1 unspecified atom stereocenters. The van der Waals surface area contributed by atoms with Gasteiger partial charge in [0.2, 0.25) is 23.5 Å². The summed E-state index contributed by atoms with van der Waals surface area (Å²) < 4.78 is 39.9. The van der Waals surface area contributed by atoms with Gasteiger partial charge in [-0.25, -0.2) is 0 Å². The second-order valence-corrected chi connectivity index (χ2v) is 11.2. The molecular formula is C26H37F3N4O5. The van der Waals surface area contributed by atoms with Gasteiger partial charge >= 0.3 is 6.18 Å². The summed E-state index contributed by atoms with van der Waals surface area (Å²) in [7, 11) is 0. The van der Waals surface area contributed by atoms with E-state index in [2.05, 4.69) is 22.5 Å². The topological polar surface area (TPSA) is 125 Å². The van der Waals surface area contributed by atoms with Crippen molar-refractivity contribution in [1.82, 2.24) is 20.9 Å². The van der Waals surface area contributed by atoms with E-state index >= 15 is 0 Å². The predicted octanol–water partition coefficient (Wildman–Crippen LogP) is 1.86. The molecule has 0 aromatic carbocycles. The molecule has 3 rings (SSSR count). The molecule has 1 heterocycles. The zero-order chi connectivity index (χ0) is 28.4. The number of ketones is 1. The number of fused-ring (bicyclic) bond motifs is 1. The number of amides is 4. The third-order valence-corrected chi connectivity index (χ3v) is 8.21. The first-order valence-corrected chi connectivity index (χ1v) is 13.1. The number of piperidine rings is 1. The number of Topliss-reactive ketones (excluding diaryl/α,β-unsaturated/α-hetero) is 1. The van der Waals surface area contributed by atoms with Crippen molar-refractivity contribution in [3.05, 3.63) is 12.7 Å². The summed E-state index contributed by atoms with van der Waals surface area (Å²) >= 11 is 0. The molecule has 38 heavy (non-hydrogen) atoms. The molecule has 0 aromatic heterocycles. The zero-order valence-electron chi connectivity index (χ0n) is 22.0. The molecule has 2 aliphatic carbocycles. The minimum absolute atomic E-state index is 0.0563. The number of nitrogens with zero attached hydrogens (tertiary/aromatic N) is 1. The van der Waals surface area contributed by atoms with Crippen molar-refractivity contribution in [3.8, 4) is 0 Å². The summed E-state index contributed by atoms with van der Waals surface area (Å²) in [6.45, 7) is 8.60. The maximum Gasteiger partial charge on any atom is 0.391 e. The Labute approximate surface area is 220 Å². The highest BCUT2D eigenvalue weighted by Crippen LogP contribution is 2.65. The molecule has 2 saturated carbocycles. The molecule has 3 fully saturated rings. The lowest BCUT2D eigenvalue weighted by Gasteiger charge is -2.37. The molecule has 1 aliphatic heterocycles. The van der Waals surface area contributed by atoms with E-state index in [9.17, 15) is 37.1 Å². The van der Waals surface area contributed by atoms with Crippen LogP contribution in [0.4, 0.5) is 13.2 Å². The van der Waals surface area contributed by atoms with Crippen LogP contribution in [0.5, 0.6) is 0 Å². The first-order valence-electron chi connectivity index (χ1n) is 13.1. The number of rotatable bonds is 10. The molecule has 4 amide bonds. The number of hydrogen-bond acceptors (Lipinski definition) is 5. The van der Waals surface area contributed by atoms with Crippen molar-refractivity contribution in [2.45, 2.75) is 83.6 Å². The second kappa shape index (κ2) is 11.4. The van der Waals surface area contributed by atoms with Gasteiger partial charge in [-0.1, -0.05) is 39.2 Å². The molecule has 3 N–H and O–H groups in total. The fraction of sp³-hybridized carbons (Fsp3) is 0.731. The Kier molecular flexibility index (Phi) is 8.93. The van der Waals surface area contributed by atoms with Crippen molar-refractivity contribution in [2.75, 3.05) is 13.1 Å². The van der Waals surface area contributed by atoms with Gasteiger partial charge < -0.3 is 20.9 Å². The largest absolute Gasteiger partial charge is 0.391 e. The van der Waals surface area contributed by atoms with Crippen LogP contribution in [0.15, 0.2) is 12.7 Å². The summed E-state index contributed by atoms with van der Waals surface area (Å²) in [6, 6.07) is -4.11. The van der Waals surface area contributed by atoms with Gasteiger partial charge in [-0.3, -0.25) is 24.0 Å². The molecule has 0 radical (unpaired) electrons. The predicted molar refractivity (Wildman–Crippen MR) is 131 cm³/mol. The normalized spacial score (nSPS) is 25.9. The van der Waals surface area contributed by atoms with Crippen LogP contribution in [0.3, 0.4) is 0 Å². The van der Waals surface area contributed by atoms with Crippen molar-refractivity contribution in [3.63, 3.8) is 0 Å². The van der Waals surface area contributed by atoms with E-state index in [1.807, 2.05) is 13.8 Å². The van der Waals surface area contributed by atoms with Crippen LogP contribution in [-0.4, -0.2) is 71.7 Å². The number of carbonyl (C=O) groups is 5. The van der Waals surface area contributed by atoms with Crippen molar-refractivity contribution in [2.24, 2.45) is 23.2 Å². The third-order valence-electron chi connectivity index (χ3n) is 8.21. The number of likely N-dealkylation sites (tertiary alicyclic amines) is 1.